The van der Waals surface area contributed by atoms with Gasteiger partial charge in [0.15, 0.2) is 11.6 Å². The molecule has 1 heterocycles. The summed E-state index contributed by atoms with van der Waals surface area (Å²) in [6, 6.07) is 1.08. The van der Waals surface area contributed by atoms with Crippen molar-refractivity contribution in [2.24, 2.45) is 0 Å². The van der Waals surface area contributed by atoms with Gasteiger partial charge in [0.25, 0.3) is 0 Å². The van der Waals surface area contributed by atoms with Crippen LogP contribution in [0.4, 0.5) is 8.78 Å². The van der Waals surface area contributed by atoms with E-state index in [0.29, 0.717) is 10.2 Å². The molecule has 0 unspecified atom stereocenters. The van der Waals surface area contributed by atoms with E-state index in [1.165, 1.54) is 0 Å². The highest BCUT2D eigenvalue weighted by atomic mass is 79.9. The van der Waals surface area contributed by atoms with E-state index in [1.807, 2.05) is 0 Å². The van der Waals surface area contributed by atoms with Crippen molar-refractivity contribution in [1.82, 2.24) is 9.59 Å². The molecule has 0 N–H and O–H groups in total. The summed E-state index contributed by atoms with van der Waals surface area (Å²) in [5.41, 5.74) is 0.360. The largest absolute Gasteiger partial charge is 0.204 e. The van der Waals surface area contributed by atoms with E-state index in [1.54, 1.807) is 0 Å². The van der Waals surface area contributed by atoms with Gasteiger partial charge in [-0.2, -0.15) is 0 Å². The fraction of sp³-hybridized carbons (Fsp3) is 0. The highest BCUT2D eigenvalue weighted by molar-refractivity contribution is 9.10. The van der Waals surface area contributed by atoms with E-state index in [0.717, 1.165) is 17.6 Å². The van der Waals surface area contributed by atoms with Crippen molar-refractivity contribution in [2.75, 3.05) is 0 Å². The first-order valence-corrected chi connectivity index (χ1v) is 4.52. The van der Waals surface area contributed by atoms with Crippen molar-refractivity contribution in [2.45, 2.75) is 0 Å². The maximum Gasteiger partial charge on any atom is 0.175 e. The van der Waals surface area contributed by atoms with Crippen molar-refractivity contribution in [3.63, 3.8) is 0 Å². The second-order valence-electron chi connectivity index (χ2n) is 2.11. The maximum absolute atomic E-state index is 12.9. The molecule has 62 valence electrons. The van der Waals surface area contributed by atoms with Gasteiger partial charge in [0.05, 0.1) is 9.17 Å². The van der Waals surface area contributed by atoms with Crippen molar-refractivity contribution < 1.29 is 8.78 Å². The maximum atomic E-state index is 12.9. The highest BCUT2D eigenvalue weighted by Gasteiger charge is 2.13. The fourth-order valence-corrected chi connectivity index (χ4v) is 2.04. The summed E-state index contributed by atoms with van der Waals surface area (Å²) in [7, 11) is 0. The zero-order valence-electron chi connectivity index (χ0n) is 5.51. The lowest BCUT2D eigenvalue weighted by molar-refractivity contribution is 0.506. The molecule has 2 nitrogen and oxygen atoms in total. The minimum Gasteiger partial charge on any atom is -0.204 e. The molecule has 0 atom stereocenters. The van der Waals surface area contributed by atoms with Gasteiger partial charge in [-0.3, -0.25) is 0 Å². The normalized spacial score (nSPS) is 10.9. The predicted molar refractivity (Wildman–Crippen MR) is 45.0 cm³/mol. The first kappa shape index (κ1) is 8.00. The third kappa shape index (κ3) is 1.02. The SMILES string of the molecule is Fc1cc2snnc2c(Br)c1F. The van der Waals surface area contributed by atoms with Crippen LogP contribution in [0.1, 0.15) is 0 Å². The van der Waals surface area contributed by atoms with Crippen LogP contribution in [0.25, 0.3) is 10.2 Å². The van der Waals surface area contributed by atoms with Crippen LogP contribution in [0, 0.1) is 11.6 Å². The van der Waals surface area contributed by atoms with Crippen LogP contribution in [0.2, 0.25) is 0 Å². The summed E-state index contributed by atoms with van der Waals surface area (Å²) in [4.78, 5) is 0. The molecule has 0 aliphatic rings. The molecule has 12 heavy (non-hydrogen) atoms. The van der Waals surface area contributed by atoms with Crippen molar-refractivity contribution >= 4 is 37.7 Å². The van der Waals surface area contributed by atoms with Crippen LogP contribution >= 0.6 is 27.5 Å². The smallest absolute Gasteiger partial charge is 0.175 e. The Morgan fingerprint density at radius 1 is 1.42 bits per heavy atom. The lowest BCUT2D eigenvalue weighted by Crippen LogP contribution is -1.85. The summed E-state index contributed by atoms with van der Waals surface area (Å²) in [5, 5.41) is 3.64. The Kier molecular flexibility index (Phi) is 1.80. The van der Waals surface area contributed by atoms with Crippen LogP contribution in [0.15, 0.2) is 10.5 Å². The van der Waals surface area contributed by atoms with Gasteiger partial charge in [0.2, 0.25) is 0 Å². The number of benzene rings is 1. The third-order valence-corrected chi connectivity index (χ3v) is 2.78. The van der Waals surface area contributed by atoms with Crippen LogP contribution < -0.4 is 0 Å². The van der Waals surface area contributed by atoms with Crippen LogP contribution in [-0.2, 0) is 0 Å². The summed E-state index contributed by atoms with van der Waals surface area (Å²) in [6.45, 7) is 0. The Hall–Kier alpha value is -0.620. The van der Waals surface area contributed by atoms with Crippen LogP contribution in [-0.4, -0.2) is 9.59 Å². The molecular formula is C6HBrF2N2S. The first-order valence-electron chi connectivity index (χ1n) is 2.95. The van der Waals surface area contributed by atoms with E-state index in [9.17, 15) is 8.78 Å². The zero-order chi connectivity index (χ0) is 8.72. The molecule has 0 fully saturated rings. The molecule has 6 heteroatoms. The molecule has 1 aromatic carbocycles. The second-order valence-corrected chi connectivity index (χ2v) is 3.68. The number of rotatable bonds is 0. The minimum absolute atomic E-state index is 0.0336. The quantitative estimate of drug-likeness (QED) is 0.673. The molecule has 0 aliphatic heterocycles. The first-order chi connectivity index (χ1) is 5.70. The van der Waals surface area contributed by atoms with E-state index in [4.69, 9.17) is 0 Å². The molecule has 0 bridgehead atoms. The van der Waals surface area contributed by atoms with E-state index in [-0.39, 0.29) is 4.47 Å². The Morgan fingerprint density at radius 3 is 2.92 bits per heavy atom. The van der Waals surface area contributed by atoms with Crippen molar-refractivity contribution in [3.05, 3.63) is 22.2 Å². The second kappa shape index (κ2) is 2.70. The van der Waals surface area contributed by atoms with Gasteiger partial charge < -0.3 is 0 Å². The monoisotopic (exact) mass is 250 g/mol. The number of nitrogens with zero attached hydrogens (tertiary/aromatic N) is 2. The third-order valence-electron chi connectivity index (χ3n) is 1.38. The molecule has 0 radical (unpaired) electrons. The minimum atomic E-state index is -0.921. The van der Waals surface area contributed by atoms with Gasteiger partial charge in [-0.15, -0.1) is 5.10 Å². The topological polar surface area (TPSA) is 25.8 Å². The van der Waals surface area contributed by atoms with Gasteiger partial charge in [-0.1, -0.05) is 4.49 Å². The number of halogens is 3. The van der Waals surface area contributed by atoms with Crippen molar-refractivity contribution in [3.8, 4) is 0 Å². The molecule has 1 aromatic heterocycles. The molecular weight excluding hydrogens is 250 g/mol. The van der Waals surface area contributed by atoms with Crippen LogP contribution in [0.5, 0.6) is 0 Å². The van der Waals surface area contributed by atoms with Gasteiger partial charge in [-0.05, 0) is 33.5 Å². The number of fused-ring (bicyclic) bond motifs is 1. The van der Waals surface area contributed by atoms with Gasteiger partial charge in [-0.25, -0.2) is 8.78 Å². The summed E-state index contributed by atoms with van der Waals surface area (Å²) < 4.78 is 29.7. The molecule has 0 spiro atoms. The molecule has 0 saturated carbocycles. The summed E-state index contributed by atoms with van der Waals surface area (Å²) >= 11 is 3.93. The molecule has 2 rings (SSSR count). The summed E-state index contributed by atoms with van der Waals surface area (Å²) in [5.74, 6) is -1.81. The lowest BCUT2D eigenvalue weighted by Gasteiger charge is -1.94. The number of hydrogen-bond donors (Lipinski definition) is 0. The molecule has 0 amide bonds. The van der Waals surface area contributed by atoms with E-state index >= 15 is 0 Å². The molecule has 0 aliphatic carbocycles. The Bertz CT molecular complexity index is 442. The highest BCUT2D eigenvalue weighted by Crippen LogP contribution is 2.28. The average molecular weight is 251 g/mol. The number of aromatic nitrogens is 2. The predicted octanol–water partition coefficient (Wildman–Crippen LogP) is 2.73. The van der Waals surface area contributed by atoms with Gasteiger partial charge in [0.1, 0.15) is 5.52 Å². The Labute approximate surface area is 78.5 Å². The van der Waals surface area contributed by atoms with Crippen LogP contribution in [0.3, 0.4) is 0 Å². The zero-order valence-corrected chi connectivity index (χ0v) is 7.92. The lowest BCUT2D eigenvalue weighted by atomic mass is 10.3. The fourth-order valence-electron chi connectivity index (χ4n) is 0.832. The van der Waals surface area contributed by atoms with Crippen molar-refractivity contribution in [1.29, 1.82) is 0 Å². The van der Waals surface area contributed by atoms with Gasteiger partial charge >= 0.3 is 0 Å². The van der Waals surface area contributed by atoms with Gasteiger partial charge in [0, 0.05) is 0 Å². The van der Waals surface area contributed by atoms with E-state index < -0.39 is 11.6 Å². The van der Waals surface area contributed by atoms with E-state index in [2.05, 4.69) is 25.5 Å². The molecule has 0 saturated heterocycles. The standard InChI is InChI=1S/C6HBrF2N2S/c7-4-5(9)2(8)1-3-6(4)10-11-12-3/h1H. The number of hydrogen-bond acceptors (Lipinski definition) is 3. The Balaban J connectivity index is 2.94. The molecule has 2 aromatic rings. The average Bonchev–Trinajstić information content (AvgIpc) is 2.48. The Morgan fingerprint density at radius 2 is 2.17 bits per heavy atom. The summed E-state index contributed by atoms with van der Waals surface area (Å²) in [6.07, 6.45) is 0.